The molecule has 0 radical (unpaired) electrons. The molecule has 0 aliphatic carbocycles. The molecule has 21 heavy (non-hydrogen) atoms. The van der Waals surface area contributed by atoms with Crippen molar-refractivity contribution in [3.05, 3.63) is 29.8 Å². The highest BCUT2D eigenvalue weighted by Crippen LogP contribution is 2.34. The molecule has 8 heteroatoms. The van der Waals surface area contributed by atoms with E-state index in [1.165, 1.54) is 4.31 Å². The van der Waals surface area contributed by atoms with Crippen molar-refractivity contribution in [1.29, 1.82) is 0 Å². The van der Waals surface area contributed by atoms with E-state index in [-0.39, 0.29) is 19.2 Å². The van der Waals surface area contributed by atoms with E-state index in [9.17, 15) is 13.2 Å². The molecule has 2 N–H and O–H groups in total. The first-order valence-corrected chi connectivity index (χ1v) is 8.17. The SMILES string of the molecule is CCOC(=O)NS(=O)(=O)N1CCC(NC)c2ccccc21. The van der Waals surface area contributed by atoms with Gasteiger partial charge in [0.05, 0.1) is 12.3 Å². The number of para-hydroxylation sites is 1. The molecule has 0 aromatic heterocycles. The lowest BCUT2D eigenvalue weighted by Crippen LogP contribution is -2.47. The minimum atomic E-state index is -3.97. The molecule has 0 bridgehead atoms. The number of carbonyl (C=O) groups is 1. The van der Waals surface area contributed by atoms with Crippen LogP contribution in [-0.4, -0.2) is 34.7 Å². The molecule has 1 heterocycles. The molecule has 1 aromatic carbocycles. The van der Waals surface area contributed by atoms with Crippen LogP contribution >= 0.6 is 0 Å². The van der Waals surface area contributed by atoms with E-state index in [2.05, 4.69) is 10.1 Å². The number of benzene rings is 1. The van der Waals surface area contributed by atoms with Crippen molar-refractivity contribution in [1.82, 2.24) is 10.0 Å². The van der Waals surface area contributed by atoms with Crippen LogP contribution in [0.25, 0.3) is 0 Å². The summed E-state index contributed by atoms with van der Waals surface area (Å²) in [5.41, 5.74) is 1.46. The number of hydrogen-bond acceptors (Lipinski definition) is 5. The summed E-state index contributed by atoms with van der Waals surface area (Å²) >= 11 is 0. The Labute approximate surface area is 124 Å². The lowest BCUT2D eigenvalue weighted by Gasteiger charge is -2.34. The lowest BCUT2D eigenvalue weighted by atomic mass is 9.98. The summed E-state index contributed by atoms with van der Waals surface area (Å²) in [7, 11) is -2.13. The summed E-state index contributed by atoms with van der Waals surface area (Å²) < 4.78 is 32.4. The minimum absolute atomic E-state index is 0.0928. The van der Waals surface area contributed by atoms with Crippen molar-refractivity contribution in [2.24, 2.45) is 0 Å². The second-order valence-corrected chi connectivity index (χ2v) is 6.18. The van der Waals surface area contributed by atoms with E-state index in [1.54, 1.807) is 19.1 Å². The van der Waals surface area contributed by atoms with Gasteiger partial charge in [0.15, 0.2) is 0 Å². The van der Waals surface area contributed by atoms with E-state index >= 15 is 0 Å². The highest BCUT2D eigenvalue weighted by molar-refractivity contribution is 7.91. The van der Waals surface area contributed by atoms with Crippen LogP contribution in [0.15, 0.2) is 24.3 Å². The summed E-state index contributed by atoms with van der Waals surface area (Å²) in [5, 5.41) is 3.16. The van der Waals surface area contributed by atoms with Crippen molar-refractivity contribution in [2.75, 3.05) is 24.5 Å². The van der Waals surface area contributed by atoms with Gasteiger partial charge in [-0.15, -0.1) is 0 Å². The number of rotatable bonds is 4. The summed E-state index contributed by atoms with van der Waals surface area (Å²) in [4.78, 5) is 11.4. The second-order valence-electron chi connectivity index (χ2n) is 4.59. The van der Waals surface area contributed by atoms with Gasteiger partial charge in [-0.25, -0.2) is 9.52 Å². The standard InChI is InChI=1S/C13H19N3O4S/c1-3-20-13(17)15-21(18,19)16-9-8-11(14-2)10-6-4-5-7-12(10)16/h4-7,11,14H,3,8-9H2,1-2H3,(H,15,17). The number of amides is 1. The summed E-state index contributed by atoms with van der Waals surface area (Å²) in [6.45, 7) is 2.01. The summed E-state index contributed by atoms with van der Waals surface area (Å²) in [6.07, 6.45) is -0.345. The molecule has 1 aliphatic heterocycles. The predicted octanol–water partition coefficient (Wildman–Crippen LogP) is 1.15. The third kappa shape index (κ3) is 3.27. The molecule has 1 aliphatic rings. The number of carbonyl (C=O) groups excluding carboxylic acids is 1. The maximum absolute atomic E-state index is 12.3. The number of fused-ring (bicyclic) bond motifs is 1. The lowest BCUT2D eigenvalue weighted by molar-refractivity contribution is 0.158. The molecule has 0 spiro atoms. The van der Waals surface area contributed by atoms with Gasteiger partial charge in [-0.1, -0.05) is 18.2 Å². The van der Waals surface area contributed by atoms with Crippen LogP contribution in [0, 0.1) is 0 Å². The highest BCUT2D eigenvalue weighted by Gasteiger charge is 2.32. The molecule has 1 aromatic rings. The maximum Gasteiger partial charge on any atom is 0.422 e. The topological polar surface area (TPSA) is 87.7 Å². The van der Waals surface area contributed by atoms with Crippen LogP contribution in [0.5, 0.6) is 0 Å². The van der Waals surface area contributed by atoms with Crippen LogP contribution < -0.4 is 14.3 Å². The van der Waals surface area contributed by atoms with Crippen LogP contribution in [0.3, 0.4) is 0 Å². The Morgan fingerprint density at radius 3 is 2.81 bits per heavy atom. The van der Waals surface area contributed by atoms with E-state index in [0.717, 1.165) is 5.56 Å². The number of hydrogen-bond donors (Lipinski definition) is 2. The Kier molecular flexibility index (Phi) is 4.69. The molecule has 1 atom stereocenters. The quantitative estimate of drug-likeness (QED) is 0.870. The molecular weight excluding hydrogens is 294 g/mol. The fourth-order valence-electron chi connectivity index (χ4n) is 2.40. The van der Waals surface area contributed by atoms with E-state index in [4.69, 9.17) is 0 Å². The monoisotopic (exact) mass is 313 g/mol. The fourth-order valence-corrected chi connectivity index (χ4v) is 3.55. The van der Waals surface area contributed by atoms with Gasteiger partial charge < -0.3 is 10.1 Å². The second kappa shape index (κ2) is 6.31. The summed E-state index contributed by atoms with van der Waals surface area (Å²) in [5.74, 6) is 0. The van der Waals surface area contributed by atoms with Gasteiger partial charge in [0, 0.05) is 12.6 Å². The molecule has 7 nitrogen and oxygen atoms in total. The number of anilines is 1. The molecule has 0 fully saturated rings. The minimum Gasteiger partial charge on any atom is -0.449 e. The molecule has 0 saturated carbocycles. The first-order chi connectivity index (χ1) is 9.99. The average Bonchev–Trinajstić information content (AvgIpc) is 2.45. The van der Waals surface area contributed by atoms with E-state index in [0.29, 0.717) is 12.1 Å². The van der Waals surface area contributed by atoms with Gasteiger partial charge in [-0.05, 0) is 32.0 Å². The maximum atomic E-state index is 12.3. The third-order valence-corrected chi connectivity index (χ3v) is 4.71. The van der Waals surface area contributed by atoms with Crippen LogP contribution in [0.1, 0.15) is 24.9 Å². The Bertz CT molecular complexity index is 618. The van der Waals surface area contributed by atoms with Crippen molar-refractivity contribution in [3.63, 3.8) is 0 Å². The van der Waals surface area contributed by atoms with Gasteiger partial charge in [-0.3, -0.25) is 4.31 Å². The highest BCUT2D eigenvalue weighted by atomic mass is 32.2. The molecule has 1 amide bonds. The summed E-state index contributed by atoms with van der Waals surface area (Å²) in [6, 6.07) is 7.32. The van der Waals surface area contributed by atoms with Crippen LogP contribution in [0.4, 0.5) is 10.5 Å². The number of ether oxygens (including phenoxy) is 1. The Morgan fingerprint density at radius 1 is 1.43 bits per heavy atom. The smallest absolute Gasteiger partial charge is 0.422 e. The normalized spacial score (nSPS) is 18.0. The van der Waals surface area contributed by atoms with Crippen molar-refractivity contribution >= 4 is 22.0 Å². The Morgan fingerprint density at radius 2 is 2.14 bits per heavy atom. The van der Waals surface area contributed by atoms with Crippen molar-refractivity contribution in [3.8, 4) is 0 Å². The van der Waals surface area contributed by atoms with Gasteiger partial charge in [0.2, 0.25) is 0 Å². The van der Waals surface area contributed by atoms with Crippen LogP contribution in [-0.2, 0) is 14.9 Å². The Balaban J connectivity index is 2.31. The van der Waals surface area contributed by atoms with Crippen molar-refractivity contribution < 1.29 is 17.9 Å². The third-order valence-electron chi connectivity index (χ3n) is 3.33. The largest absolute Gasteiger partial charge is 0.449 e. The zero-order valence-corrected chi connectivity index (χ0v) is 12.8. The number of nitrogens with one attached hydrogen (secondary N) is 2. The van der Waals surface area contributed by atoms with Gasteiger partial charge >= 0.3 is 16.3 Å². The zero-order chi connectivity index (χ0) is 15.5. The van der Waals surface area contributed by atoms with Gasteiger partial charge in [0.1, 0.15) is 0 Å². The van der Waals surface area contributed by atoms with Crippen molar-refractivity contribution in [2.45, 2.75) is 19.4 Å². The molecular formula is C13H19N3O4S. The Hall–Kier alpha value is -1.80. The predicted molar refractivity (Wildman–Crippen MR) is 79.3 cm³/mol. The van der Waals surface area contributed by atoms with E-state index < -0.39 is 16.3 Å². The first-order valence-electron chi connectivity index (χ1n) is 6.73. The van der Waals surface area contributed by atoms with Gasteiger partial charge in [-0.2, -0.15) is 8.42 Å². The zero-order valence-electron chi connectivity index (χ0n) is 12.0. The van der Waals surface area contributed by atoms with Gasteiger partial charge in [0.25, 0.3) is 0 Å². The molecule has 2 rings (SSSR count). The molecule has 116 valence electrons. The van der Waals surface area contributed by atoms with Crippen LogP contribution in [0.2, 0.25) is 0 Å². The van der Waals surface area contributed by atoms with E-state index in [1.807, 2.05) is 23.9 Å². The first kappa shape index (κ1) is 15.6. The molecule has 0 saturated heterocycles. The average molecular weight is 313 g/mol. The fraction of sp³-hybridized carbons (Fsp3) is 0.462. The molecule has 1 unspecified atom stereocenters. The number of nitrogens with zero attached hydrogens (tertiary/aromatic N) is 1.